The van der Waals surface area contributed by atoms with E-state index >= 15 is 0 Å². The highest BCUT2D eigenvalue weighted by Gasteiger charge is 2.14. The fraction of sp³-hybridized carbons (Fsp3) is 0.182. The normalized spacial score (nSPS) is 9.76. The fourth-order valence-electron chi connectivity index (χ4n) is 1.29. The summed E-state index contributed by atoms with van der Waals surface area (Å²) in [5, 5.41) is 8.62. The second kappa shape index (κ2) is 5.20. The monoisotopic (exact) mass is 239 g/mol. The van der Waals surface area contributed by atoms with Crippen molar-refractivity contribution in [1.29, 1.82) is 0 Å². The van der Waals surface area contributed by atoms with Gasteiger partial charge in [-0.25, -0.2) is 9.18 Å². The minimum atomic E-state index is -1.39. The van der Waals surface area contributed by atoms with E-state index in [1.54, 1.807) is 0 Å². The van der Waals surface area contributed by atoms with Gasteiger partial charge < -0.3 is 10.0 Å². The third-order valence-corrected chi connectivity index (χ3v) is 2.03. The van der Waals surface area contributed by atoms with Crippen LogP contribution in [-0.4, -0.2) is 29.8 Å². The van der Waals surface area contributed by atoms with Crippen molar-refractivity contribution in [2.24, 2.45) is 0 Å². The predicted molar refractivity (Wildman–Crippen MR) is 57.5 cm³/mol. The Kier molecular flexibility index (Phi) is 3.92. The minimum Gasteiger partial charge on any atom is -0.478 e. The highest BCUT2D eigenvalue weighted by atomic mass is 19.1. The van der Waals surface area contributed by atoms with Crippen LogP contribution in [0.3, 0.4) is 0 Å². The maximum absolute atomic E-state index is 13.3. The molecule has 6 heteroatoms. The molecule has 90 valence electrons. The van der Waals surface area contributed by atoms with Gasteiger partial charge in [-0.1, -0.05) is 0 Å². The molecule has 0 radical (unpaired) electrons. The Hall–Kier alpha value is -2.24. The smallest absolute Gasteiger partial charge is 0.338 e. The Morgan fingerprint density at radius 3 is 2.53 bits per heavy atom. The quantitative estimate of drug-likeness (QED) is 0.780. The largest absolute Gasteiger partial charge is 0.478 e. The molecule has 0 aliphatic rings. The van der Waals surface area contributed by atoms with Gasteiger partial charge in [0, 0.05) is 5.69 Å². The number of carbonyl (C=O) groups is 3. The number of benzene rings is 1. The summed E-state index contributed by atoms with van der Waals surface area (Å²) >= 11 is 0. The van der Waals surface area contributed by atoms with E-state index in [1.807, 2.05) is 0 Å². The first-order chi connectivity index (χ1) is 7.95. The van der Waals surface area contributed by atoms with Gasteiger partial charge in [-0.2, -0.15) is 0 Å². The summed E-state index contributed by atoms with van der Waals surface area (Å²) in [6.45, 7) is 1.10. The lowest BCUT2D eigenvalue weighted by Crippen LogP contribution is -2.27. The highest BCUT2D eigenvalue weighted by molar-refractivity contribution is 5.91. The van der Waals surface area contributed by atoms with Crippen LogP contribution < -0.4 is 4.90 Å². The Morgan fingerprint density at radius 2 is 2.12 bits per heavy atom. The van der Waals surface area contributed by atoms with Crippen LogP contribution in [0.1, 0.15) is 17.3 Å². The summed E-state index contributed by atoms with van der Waals surface area (Å²) in [5.74, 6) is -2.61. The Labute approximate surface area is 96.5 Å². The number of Topliss-reactive ketones (excluding diaryl/α,β-unsaturated/α-hetero) is 1. The number of anilines is 1. The molecule has 0 atom stereocenters. The maximum atomic E-state index is 13.3. The zero-order valence-electron chi connectivity index (χ0n) is 9.01. The number of nitrogens with zero attached hydrogens (tertiary/aromatic N) is 1. The molecule has 1 N–H and O–H groups in total. The number of carboxylic acid groups (broad SMARTS) is 1. The zero-order valence-corrected chi connectivity index (χ0v) is 9.01. The predicted octanol–water partition coefficient (Wildman–Crippen LogP) is 1.08. The number of ketones is 1. The molecule has 1 aromatic rings. The van der Waals surface area contributed by atoms with Crippen molar-refractivity contribution in [2.75, 3.05) is 11.4 Å². The van der Waals surface area contributed by atoms with E-state index in [-0.39, 0.29) is 18.0 Å². The number of amides is 1. The van der Waals surface area contributed by atoms with Crippen molar-refractivity contribution < 1.29 is 23.9 Å². The third kappa shape index (κ3) is 3.10. The molecule has 0 aliphatic carbocycles. The second-order valence-corrected chi connectivity index (χ2v) is 3.40. The van der Waals surface area contributed by atoms with Gasteiger partial charge in [0.1, 0.15) is 11.6 Å². The van der Waals surface area contributed by atoms with Crippen LogP contribution in [0.4, 0.5) is 10.1 Å². The summed E-state index contributed by atoms with van der Waals surface area (Å²) < 4.78 is 13.3. The van der Waals surface area contributed by atoms with Crippen LogP contribution in [0.25, 0.3) is 0 Å². The van der Waals surface area contributed by atoms with E-state index in [0.717, 1.165) is 17.0 Å². The van der Waals surface area contributed by atoms with Gasteiger partial charge in [-0.05, 0) is 25.1 Å². The molecule has 1 amide bonds. The summed E-state index contributed by atoms with van der Waals surface area (Å²) in [7, 11) is 0. The van der Waals surface area contributed by atoms with Crippen molar-refractivity contribution in [2.45, 2.75) is 6.92 Å². The molecular formula is C11H10FNO4. The van der Waals surface area contributed by atoms with Gasteiger partial charge in [0.05, 0.1) is 12.1 Å². The molecule has 1 aromatic carbocycles. The first kappa shape index (κ1) is 12.8. The van der Waals surface area contributed by atoms with Gasteiger partial charge in [-0.3, -0.25) is 9.59 Å². The van der Waals surface area contributed by atoms with Crippen LogP contribution in [0.5, 0.6) is 0 Å². The van der Waals surface area contributed by atoms with Crippen LogP contribution >= 0.6 is 0 Å². The van der Waals surface area contributed by atoms with Crippen LogP contribution in [0, 0.1) is 5.82 Å². The standard InChI is InChI=1S/C11H10FNO4/c1-7(15)5-13(6-14)8-2-3-9(11(16)17)10(12)4-8/h2-4,6H,5H2,1H3,(H,16,17). The van der Waals surface area contributed by atoms with Gasteiger partial charge in [-0.15, -0.1) is 0 Å². The molecule has 0 bridgehead atoms. The lowest BCUT2D eigenvalue weighted by Gasteiger charge is -2.15. The zero-order chi connectivity index (χ0) is 13.0. The average molecular weight is 239 g/mol. The van der Waals surface area contributed by atoms with E-state index in [4.69, 9.17) is 5.11 Å². The van der Waals surface area contributed by atoms with Gasteiger partial charge in [0.25, 0.3) is 0 Å². The molecule has 5 nitrogen and oxygen atoms in total. The van der Waals surface area contributed by atoms with Crippen molar-refractivity contribution in [1.82, 2.24) is 0 Å². The van der Waals surface area contributed by atoms with E-state index < -0.39 is 17.3 Å². The minimum absolute atomic E-state index is 0.137. The SMILES string of the molecule is CC(=O)CN(C=O)c1ccc(C(=O)O)c(F)c1. The topological polar surface area (TPSA) is 74.7 Å². The molecule has 0 heterocycles. The number of halogens is 1. The lowest BCUT2D eigenvalue weighted by molar-refractivity contribution is -0.117. The fourth-order valence-corrected chi connectivity index (χ4v) is 1.29. The van der Waals surface area contributed by atoms with Crippen molar-refractivity contribution in [3.05, 3.63) is 29.6 Å². The van der Waals surface area contributed by atoms with Crippen LogP contribution in [0.2, 0.25) is 0 Å². The lowest BCUT2D eigenvalue weighted by atomic mass is 10.2. The molecule has 0 unspecified atom stereocenters. The summed E-state index contributed by atoms with van der Waals surface area (Å²) in [6.07, 6.45) is 0.386. The second-order valence-electron chi connectivity index (χ2n) is 3.40. The van der Waals surface area contributed by atoms with E-state index in [1.165, 1.54) is 13.0 Å². The summed E-state index contributed by atoms with van der Waals surface area (Å²) in [6, 6.07) is 3.22. The molecule has 17 heavy (non-hydrogen) atoms. The van der Waals surface area contributed by atoms with Gasteiger partial charge in [0.2, 0.25) is 6.41 Å². The molecule has 0 aromatic heterocycles. The molecule has 0 saturated carbocycles. The summed E-state index contributed by atoms with van der Waals surface area (Å²) in [5.41, 5.74) is -0.347. The number of hydrogen-bond acceptors (Lipinski definition) is 3. The first-order valence-corrected chi connectivity index (χ1v) is 4.70. The average Bonchev–Trinajstić information content (AvgIpc) is 2.24. The van der Waals surface area contributed by atoms with Crippen molar-refractivity contribution in [3.8, 4) is 0 Å². The Bertz CT molecular complexity index is 473. The van der Waals surface area contributed by atoms with Crippen LogP contribution in [0.15, 0.2) is 18.2 Å². The molecule has 1 rings (SSSR count). The number of hydrogen-bond donors (Lipinski definition) is 1. The molecular weight excluding hydrogens is 229 g/mol. The number of aromatic carboxylic acids is 1. The maximum Gasteiger partial charge on any atom is 0.338 e. The van der Waals surface area contributed by atoms with Gasteiger partial charge in [0.15, 0.2) is 0 Å². The van der Waals surface area contributed by atoms with Crippen molar-refractivity contribution >= 4 is 23.9 Å². The molecule has 0 spiro atoms. The van der Waals surface area contributed by atoms with E-state index in [9.17, 15) is 18.8 Å². The molecule has 0 saturated heterocycles. The Morgan fingerprint density at radius 1 is 1.47 bits per heavy atom. The number of rotatable bonds is 5. The third-order valence-electron chi connectivity index (χ3n) is 2.03. The number of carbonyl (C=O) groups excluding carboxylic acids is 2. The van der Waals surface area contributed by atoms with E-state index in [0.29, 0.717) is 6.41 Å². The van der Waals surface area contributed by atoms with Crippen molar-refractivity contribution in [3.63, 3.8) is 0 Å². The highest BCUT2D eigenvalue weighted by Crippen LogP contribution is 2.17. The summed E-state index contributed by atoms with van der Waals surface area (Å²) in [4.78, 5) is 33.1. The van der Waals surface area contributed by atoms with E-state index in [2.05, 4.69) is 0 Å². The molecule has 0 aliphatic heterocycles. The Balaban J connectivity index is 3.06. The van der Waals surface area contributed by atoms with Crippen LogP contribution in [-0.2, 0) is 9.59 Å². The first-order valence-electron chi connectivity index (χ1n) is 4.70. The number of carboxylic acids is 1. The van der Waals surface area contributed by atoms with Gasteiger partial charge >= 0.3 is 5.97 Å². The molecule has 0 fully saturated rings.